The predicted molar refractivity (Wildman–Crippen MR) is 104 cm³/mol. The van der Waals surface area contributed by atoms with E-state index in [1.165, 1.54) is 50.5 Å². The summed E-state index contributed by atoms with van der Waals surface area (Å²) in [5.41, 5.74) is 5.55. The normalized spacial score (nSPS) is 27.1. The SMILES string of the molecule is COC(=C1C2CCCC1C1=C(CCCC1)C2)c1cccc(OP(=O)(O)O)c1. The molecule has 1 aromatic carbocycles. The second kappa shape index (κ2) is 7.46. The highest BCUT2D eigenvalue weighted by Crippen LogP contribution is 2.53. The first-order valence-corrected chi connectivity index (χ1v) is 11.3. The number of phosphoric acid groups is 1. The molecule has 0 radical (unpaired) electrons. The van der Waals surface area contributed by atoms with Crippen LogP contribution in [-0.4, -0.2) is 16.9 Å². The minimum Gasteiger partial charge on any atom is -0.496 e. The average Bonchev–Trinajstić information content (AvgIpc) is 2.61. The van der Waals surface area contributed by atoms with Gasteiger partial charge in [0.25, 0.3) is 0 Å². The molecule has 0 aliphatic heterocycles. The van der Waals surface area contributed by atoms with Gasteiger partial charge in [-0.05, 0) is 68.6 Å². The summed E-state index contributed by atoms with van der Waals surface area (Å²) in [7, 11) is -2.89. The molecule has 2 unspecified atom stereocenters. The van der Waals surface area contributed by atoms with Gasteiger partial charge >= 0.3 is 7.82 Å². The Labute approximate surface area is 160 Å². The van der Waals surface area contributed by atoms with Gasteiger partial charge in [-0.25, -0.2) is 4.57 Å². The molecule has 2 atom stereocenters. The van der Waals surface area contributed by atoms with E-state index in [-0.39, 0.29) is 5.75 Å². The van der Waals surface area contributed by atoms with Crippen molar-refractivity contribution >= 4 is 13.6 Å². The Hall–Kier alpha value is -1.55. The summed E-state index contributed by atoms with van der Waals surface area (Å²) in [5, 5.41) is 0. The first kappa shape index (κ1) is 18.8. The second-order valence-electron chi connectivity index (χ2n) is 7.82. The summed E-state index contributed by atoms with van der Waals surface area (Å²) in [6.07, 6.45) is 9.82. The zero-order valence-electron chi connectivity index (χ0n) is 15.7. The highest BCUT2D eigenvalue weighted by Gasteiger charge is 2.39. The third-order valence-electron chi connectivity index (χ3n) is 6.19. The van der Waals surface area contributed by atoms with Crippen molar-refractivity contribution in [3.63, 3.8) is 0 Å². The molecule has 1 fully saturated rings. The summed E-state index contributed by atoms with van der Waals surface area (Å²) < 4.78 is 21.9. The number of fused-ring (bicyclic) bond motifs is 3. The Morgan fingerprint density at radius 1 is 1.15 bits per heavy atom. The number of allylic oxidation sites excluding steroid dienone is 3. The number of rotatable bonds is 4. The molecule has 1 aromatic rings. The average molecular weight is 390 g/mol. The van der Waals surface area contributed by atoms with E-state index in [4.69, 9.17) is 19.0 Å². The van der Waals surface area contributed by atoms with Crippen LogP contribution in [0.5, 0.6) is 5.75 Å². The van der Waals surface area contributed by atoms with Crippen molar-refractivity contribution in [3.05, 3.63) is 46.5 Å². The van der Waals surface area contributed by atoms with Gasteiger partial charge in [-0.3, -0.25) is 9.79 Å². The van der Waals surface area contributed by atoms with E-state index in [1.54, 1.807) is 36.5 Å². The first-order chi connectivity index (χ1) is 13.0. The summed E-state index contributed by atoms with van der Waals surface area (Å²) in [4.78, 5) is 18.2. The molecule has 146 valence electrons. The maximum atomic E-state index is 11.2. The summed E-state index contributed by atoms with van der Waals surface area (Å²) in [5.74, 6) is 2.00. The van der Waals surface area contributed by atoms with Crippen LogP contribution in [0.15, 0.2) is 41.0 Å². The summed E-state index contributed by atoms with van der Waals surface area (Å²) in [6.45, 7) is 0. The van der Waals surface area contributed by atoms with Crippen LogP contribution in [0.2, 0.25) is 0 Å². The number of ether oxygens (including phenoxy) is 1. The van der Waals surface area contributed by atoms with Crippen molar-refractivity contribution in [1.82, 2.24) is 0 Å². The third kappa shape index (κ3) is 3.87. The molecular weight excluding hydrogens is 363 g/mol. The van der Waals surface area contributed by atoms with Crippen molar-refractivity contribution in [2.24, 2.45) is 11.8 Å². The maximum absolute atomic E-state index is 11.2. The summed E-state index contributed by atoms with van der Waals surface area (Å²) >= 11 is 0. The van der Waals surface area contributed by atoms with E-state index in [2.05, 4.69) is 0 Å². The lowest BCUT2D eigenvalue weighted by atomic mass is 9.62. The molecular formula is C21H27O5P. The molecule has 3 aliphatic rings. The molecule has 1 saturated carbocycles. The molecule has 0 amide bonds. The van der Waals surface area contributed by atoms with Gasteiger partial charge in [0.1, 0.15) is 11.5 Å². The van der Waals surface area contributed by atoms with Gasteiger partial charge in [-0.15, -0.1) is 0 Å². The Bertz CT molecular complexity index is 835. The number of phosphoric ester groups is 1. The van der Waals surface area contributed by atoms with Crippen LogP contribution in [0, 0.1) is 11.8 Å². The fraction of sp³-hybridized carbons (Fsp3) is 0.524. The van der Waals surface area contributed by atoms with Crippen molar-refractivity contribution in [1.29, 1.82) is 0 Å². The molecule has 3 aliphatic carbocycles. The van der Waals surface area contributed by atoms with Crippen LogP contribution in [0.4, 0.5) is 0 Å². The standard InChI is InChI=1S/C21H27O5P/c1-25-21(16-8-4-9-17(13-16)26-27(22,23)24)20-15-7-5-11-19(20)18-10-3-2-6-14(18)12-15/h4,8-9,13,15,19H,2-3,5-7,10-12H2,1H3,(H2,22,23,24). The van der Waals surface area contributed by atoms with E-state index in [0.717, 1.165) is 17.7 Å². The Morgan fingerprint density at radius 3 is 2.74 bits per heavy atom. The van der Waals surface area contributed by atoms with Gasteiger partial charge in [-0.1, -0.05) is 29.7 Å². The van der Waals surface area contributed by atoms with Crippen molar-refractivity contribution in [2.75, 3.05) is 7.11 Å². The largest absolute Gasteiger partial charge is 0.524 e. The molecule has 2 N–H and O–H groups in total. The van der Waals surface area contributed by atoms with E-state index < -0.39 is 7.82 Å². The number of methoxy groups -OCH3 is 1. The molecule has 4 rings (SSSR count). The molecule has 0 saturated heterocycles. The smallest absolute Gasteiger partial charge is 0.496 e. The van der Waals surface area contributed by atoms with Crippen LogP contribution in [0.1, 0.15) is 56.9 Å². The van der Waals surface area contributed by atoms with Gasteiger partial charge < -0.3 is 9.26 Å². The molecule has 6 heteroatoms. The molecule has 0 aromatic heterocycles. The van der Waals surface area contributed by atoms with Gasteiger partial charge in [0.05, 0.1) is 7.11 Å². The number of hydrogen-bond acceptors (Lipinski definition) is 3. The highest BCUT2D eigenvalue weighted by atomic mass is 31.2. The van der Waals surface area contributed by atoms with E-state index in [0.29, 0.717) is 11.8 Å². The van der Waals surface area contributed by atoms with Crippen LogP contribution in [-0.2, 0) is 9.30 Å². The zero-order chi connectivity index (χ0) is 19.0. The lowest BCUT2D eigenvalue weighted by molar-refractivity contribution is 0.283. The number of benzene rings is 1. The second-order valence-corrected chi connectivity index (χ2v) is 8.98. The first-order valence-electron chi connectivity index (χ1n) is 9.80. The Balaban J connectivity index is 1.77. The molecule has 27 heavy (non-hydrogen) atoms. The molecule has 5 nitrogen and oxygen atoms in total. The molecule has 0 spiro atoms. The lowest BCUT2D eigenvalue weighted by Crippen LogP contribution is -2.30. The van der Waals surface area contributed by atoms with Gasteiger partial charge in [0.15, 0.2) is 0 Å². The van der Waals surface area contributed by atoms with Gasteiger partial charge in [0.2, 0.25) is 0 Å². The molecule has 2 bridgehead atoms. The Morgan fingerprint density at radius 2 is 1.96 bits per heavy atom. The monoisotopic (exact) mass is 390 g/mol. The van der Waals surface area contributed by atoms with Crippen molar-refractivity contribution in [3.8, 4) is 5.75 Å². The van der Waals surface area contributed by atoms with Gasteiger partial charge in [-0.2, -0.15) is 0 Å². The zero-order valence-corrected chi connectivity index (χ0v) is 16.6. The van der Waals surface area contributed by atoms with Crippen molar-refractivity contribution < 1.29 is 23.6 Å². The van der Waals surface area contributed by atoms with Crippen molar-refractivity contribution in [2.45, 2.75) is 51.4 Å². The number of hydrogen-bond donors (Lipinski definition) is 2. The minimum absolute atomic E-state index is 0.162. The quantitative estimate of drug-likeness (QED) is 0.419. The highest BCUT2D eigenvalue weighted by molar-refractivity contribution is 7.46. The third-order valence-corrected chi connectivity index (χ3v) is 6.64. The summed E-state index contributed by atoms with van der Waals surface area (Å²) in [6, 6.07) is 6.91. The predicted octanol–water partition coefficient (Wildman–Crippen LogP) is 5.21. The lowest BCUT2D eigenvalue weighted by Gasteiger charge is -2.43. The van der Waals surface area contributed by atoms with E-state index in [1.807, 2.05) is 6.07 Å². The van der Waals surface area contributed by atoms with Gasteiger partial charge in [0, 0.05) is 11.5 Å². The molecule has 0 heterocycles. The van der Waals surface area contributed by atoms with Crippen LogP contribution in [0.3, 0.4) is 0 Å². The Kier molecular flexibility index (Phi) is 5.19. The fourth-order valence-corrected chi connectivity index (χ4v) is 5.65. The minimum atomic E-state index is -4.58. The van der Waals surface area contributed by atoms with Crippen LogP contribution < -0.4 is 4.52 Å². The van der Waals surface area contributed by atoms with E-state index >= 15 is 0 Å². The van der Waals surface area contributed by atoms with E-state index in [9.17, 15) is 4.57 Å². The fourth-order valence-electron chi connectivity index (χ4n) is 5.26. The topological polar surface area (TPSA) is 76.0 Å². The van der Waals surface area contributed by atoms with Crippen LogP contribution in [0.25, 0.3) is 5.76 Å². The maximum Gasteiger partial charge on any atom is 0.524 e. The van der Waals surface area contributed by atoms with Crippen LogP contribution >= 0.6 is 7.82 Å².